The Hall–Kier alpha value is -2.33. The molecule has 148 valence electrons. The second-order valence-electron chi connectivity index (χ2n) is 7.34. The van der Waals surface area contributed by atoms with E-state index in [2.05, 4.69) is 4.37 Å². The normalized spacial score (nSPS) is 15.8. The minimum Gasteiger partial charge on any atom is -0.296 e. The Kier molecular flexibility index (Phi) is 4.50. The molecule has 7 nitrogen and oxygen atoms in total. The van der Waals surface area contributed by atoms with Gasteiger partial charge in [0.25, 0.3) is 5.56 Å². The van der Waals surface area contributed by atoms with Crippen LogP contribution in [0, 0.1) is 5.41 Å². The van der Waals surface area contributed by atoms with Crippen molar-refractivity contribution in [2.75, 3.05) is 12.4 Å². The minimum atomic E-state index is -3.75. The van der Waals surface area contributed by atoms with Gasteiger partial charge in [0.2, 0.25) is 0 Å². The van der Waals surface area contributed by atoms with Gasteiger partial charge in [0, 0.05) is 29.6 Å². The molecule has 1 fully saturated rings. The van der Waals surface area contributed by atoms with E-state index >= 15 is 0 Å². The minimum absolute atomic E-state index is 0.0285. The molecule has 0 atom stereocenters. The molecular formula is C18H18FN3O4S2. The Morgan fingerprint density at radius 3 is 2.64 bits per heavy atom. The van der Waals surface area contributed by atoms with E-state index in [4.69, 9.17) is 0 Å². The van der Waals surface area contributed by atoms with Gasteiger partial charge in [0.05, 0.1) is 34.8 Å². The molecule has 2 aromatic heterocycles. The number of rotatable bonds is 6. The maximum Gasteiger partial charge on any atom is 0.331 e. The van der Waals surface area contributed by atoms with Crippen molar-refractivity contribution in [3.05, 3.63) is 56.2 Å². The summed E-state index contributed by atoms with van der Waals surface area (Å²) >= 11 is 1.21. The zero-order chi connectivity index (χ0) is 20.1. The monoisotopic (exact) mass is 423 g/mol. The first kappa shape index (κ1) is 19.0. The van der Waals surface area contributed by atoms with Gasteiger partial charge in [-0.2, -0.15) is 0 Å². The molecule has 1 aliphatic rings. The van der Waals surface area contributed by atoms with Crippen LogP contribution in [0.25, 0.3) is 10.9 Å². The van der Waals surface area contributed by atoms with Crippen LogP contribution >= 0.6 is 11.5 Å². The summed E-state index contributed by atoms with van der Waals surface area (Å²) in [4.78, 5) is 25.5. The lowest BCUT2D eigenvalue weighted by molar-refractivity contribution is 0.367. The molecule has 0 bridgehead atoms. The molecule has 1 aliphatic carbocycles. The summed E-state index contributed by atoms with van der Waals surface area (Å²) in [6, 6.07) is 4.12. The van der Waals surface area contributed by atoms with Crippen LogP contribution in [0.4, 0.5) is 4.39 Å². The van der Waals surface area contributed by atoms with Gasteiger partial charge in [-0.15, -0.1) is 0 Å². The molecule has 0 aliphatic heterocycles. The Bertz CT molecular complexity index is 1270. The second kappa shape index (κ2) is 6.63. The highest BCUT2D eigenvalue weighted by Gasteiger charge is 2.46. The van der Waals surface area contributed by atoms with E-state index in [1.807, 2.05) is 0 Å². The first-order chi connectivity index (χ1) is 13.3. The standard InChI is InChI=1S/C18H18FN3O4S2/c1-21-15-3-2-13(28(25,26)11-18(10-19)4-5-18)6-14(15)16(23)22(17(21)24)8-12-7-20-27-9-12/h2-3,6-7,9H,4-5,8,10-11H2,1H3. The topological polar surface area (TPSA) is 91.0 Å². The average Bonchev–Trinajstić information content (AvgIpc) is 3.24. The first-order valence-corrected chi connectivity index (χ1v) is 11.2. The van der Waals surface area contributed by atoms with Crippen LogP contribution in [0.2, 0.25) is 0 Å². The summed E-state index contributed by atoms with van der Waals surface area (Å²) in [6.07, 6.45) is 2.67. The smallest absolute Gasteiger partial charge is 0.296 e. The van der Waals surface area contributed by atoms with Crippen molar-refractivity contribution in [3.63, 3.8) is 0 Å². The van der Waals surface area contributed by atoms with Gasteiger partial charge >= 0.3 is 5.69 Å². The third-order valence-electron chi connectivity index (χ3n) is 5.24. The van der Waals surface area contributed by atoms with Gasteiger partial charge in [-0.1, -0.05) is 0 Å². The molecule has 2 heterocycles. The van der Waals surface area contributed by atoms with Gasteiger partial charge in [-0.05, 0) is 42.6 Å². The van der Waals surface area contributed by atoms with Crippen molar-refractivity contribution in [3.8, 4) is 0 Å². The zero-order valence-corrected chi connectivity index (χ0v) is 16.7. The Labute approximate surface area is 164 Å². The van der Waals surface area contributed by atoms with E-state index in [0.717, 1.165) is 4.57 Å². The lowest BCUT2D eigenvalue weighted by Crippen LogP contribution is -2.39. The molecule has 1 saturated carbocycles. The highest BCUT2D eigenvalue weighted by Crippen LogP contribution is 2.47. The van der Waals surface area contributed by atoms with E-state index in [1.54, 1.807) is 11.6 Å². The SMILES string of the molecule is Cn1c(=O)n(Cc2cnsc2)c(=O)c2cc(S(=O)(=O)CC3(CF)CC3)ccc21. The molecular weight excluding hydrogens is 405 g/mol. The molecule has 0 saturated heterocycles. The van der Waals surface area contributed by atoms with Crippen LogP contribution < -0.4 is 11.2 Å². The van der Waals surface area contributed by atoms with Crippen LogP contribution in [0.15, 0.2) is 44.3 Å². The largest absolute Gasteiger partial charge is 0.331 e. The third-order valence-corrected chi connectivity index (χ3v) is 7.84. The van der Waals surface area contributed by atoms with Crippen molar-refractivity contribution >= 4 is 32.3 Å². The van der Waals surface area contributed by atoms with Gasteiger partial charge in [-0.3, -0.25) is 18.3 Å². The van der Waals surface area contributed by atoms with Crippen LogP contribution in [0.5, 0.6) is 0 Å². The number of benzene rings is 1. The maximum absolute atomic E-state index is 13.2. The average molecular weight is 423 g/mol. The molecule has 28 heavy (non-hydrogen) atoms. The number of aromatic nitrogens is 3. The van der Waals surface area contributed by atoms with Crippen LogP contribution in [0.3, 0.4) is 0 Å². The highest BCUT2D eigenvalue weighted by atomic mass is 32.2. The molecule has 0 radical (unpaired) electrons. The summed E-state index contributed by atoms with van der Waals surface area (Å²) in [6.45, 7) is -0.615. The maximum atomic E-state index is 13.2. The zero-order valence-electron chi connectivity index (χ0n) is 15.1. The van der Waals surface area contributed by atoms with Crippen molar-refractivity contribution in [1.82, 2.24) is 13.5 Å². The fourth-order valence-corrected chi connectivity index (χ4v) is 5.73. The van der Waals surface area contributed by atoms with E-state index in [0.29, 0.717) is 23.9 Å². The van der Waals surface area contributed by atoms with Gasteiger partial charge in [-0.25, -0.2) is 17.6 Å². The Balaban J connectivity index is 1.85. The fraction of sp³-hybridized carbons (Fsp3) is 0.389. The number of halogens is 1. The van der Waals surface area contributed by atoms with Crippen LogP contribution in [-0.4, -0.2) is 34.4 Å². The quantitative estimate of drug-likeness (QED) is 0.602. The third kappa shape index (κ3) is 3.20. The van der Waals surface area contributed by atoms with Gasteiger partial charge < -0.3 is 0 Å². The summed E-state index contributed by atoms with van der Waals surface area (Å²) in [5.41, 5.74) is -0.781. The number of nitrogens with zero attached hydrogens (tertiary/aromatic N) is 3. The number of fused-ring (bicyclic) bond motifs is 1. The number of hydrogen-bond acceptors (Lipinski definition) is 6. The van der Waals surface area contributed by atoms with E-state index < -0.39 is 33.2 Å². The highest BCUT2D eigenvalue weighted by molar-refractivity contribution is 7.91. The molecule has 3 aromatic rings. The molecule has 10 heteroatoms. The lowest BCUT2D eigenvalue weighted by atomic mass is 10.2. The Morgan fingerprint density at radius 2 is 2.04 bits per heavy atom. The van der Waals surface area contributed by atoms with Crippen LogP contribution in [-0.2, 0) is 23.4 Å². The number of hydrogen-bond donors (Lipinski definition) is 0. The summed E-state index contributed by atoms with van der Waals surface area (Å²) in [5, 5.41) is 1.87. The predicted molar refractivity (Wildman–Crippen MR) is 104 cm³/mol. The molecule has 4 rings (SSSR count). The Morgan fingerprint density at radius 1 is 1.29 bits per heavy atom. The molecule has 0 unspecified atom stereocenters. The summed E-state index contributed by atoms with van der Waals surface area (Å²) in [5.74, 6) is -0.275. The van der Waals surface area contributed by atoms with E-state index in [9.17, 15) is 22.4 Å². The fourth-order valence-electron chi connectivity index (χ4n) is 3.30. The van der Waals surface area contributed by atoms with Gasteiger partial charge in [0.15, 0.2) is 9.84 Å². The molecule has 0 N–H and O–H groups in total. The van der Waals surface area contributed by atoms with E-state index in [-0.39, 0.29) is 22.6 Å². The number of aryl methyl sites for hydroxylation is 1. The van der Waals surface area contributed by atoms with Crippen molar-refractivity contribution in [2.45, 2.75) is 24.3 Å². The van der Waals surface area contributed by atoms with Crippen molar-refractivity contribution < 1.29 is 12.8 Å². The predicted octanol–water partition coefficient (Wildman–Crippen LogP) is 1.73. The van der Waals surface area contributed by atoms with Crippen LogP contribution in [0.1, 0.15) is 18.4 Å². The first-order valence-electron chi connectivity index (χ1n) is 8.67. The van der Waals surface area contributed by atoms with Crippen molar-refractivity contribution in [2.24, 2.45) is 12.5 Å². The van der Waals surface area contributed by atoms with Gasteiger partial charge in [0.1, 0.15) is 0 Å². The van der Waals surface area contributed by atoms with E-state index in [1.165, 1.54) is 41.3 Å². The van der Waals surface area contributed by atoms with Crippen molar-refractivity contribution in [1.29, 1.82) is 0 Å². The summed E-state index contributed by atoms with van der Waals surface area (Å²) < 4.78 is 45.0. The number of alkyl halides is 1. The number of sulfone groups is 1. The lowest BCUT2D eigenvalue weighted by Gasteiger charge is -2.13. The molecule has 0 spiro atoms. The second-order valence-corrected chi connectivity index (χ2v) is 9.98. The molecule has 0 amide bonds. The molecule has 1 aromatic carbocycles. The summed E-state index contributed by atoms with van der Waals surface area (Å²) in [7, 11) is -2.21.